The van der Waals surface area contributed by atoms with Crippen LogP contribution in [0, 0.1) is 17.6 Å². The molecule has 0 spiro atoms. The number of hydroxylamine groups is 1. The van der Waals surface area contributed by atoms with Crippen molar-refractivity contribution in [2.24, 2.45) is 5.92 Å². The second kappa shape index (κ2) is 22.6. The Morgan fingerprint density at radius 2 is 1.22 bits per heavy atom. The van der Waals surface area contributed by atoms with Crippen LogP contribution in [0.3, 0.4) is 0 Å². The normalized spacial score (nSPS) is 15.0. The van der Waals surface area contributed by atoms with E-state index in [1.807, 2.05) is 0 Å². The highest BCUT2D eigenvalue weighted by Crippen LogP contribution is 2.64. The Hall–Kier alpha value is -4.73. The Morgan fingerprint density at radius 1 is 0.696 bits per heavy atom. The molecule has 0 aliphatic rings. The number of hydrogen-bond acceptors (Lipinski definition) is 6. The van der Waals surface area contributed by atoms with E-state index in [2.05, 4.69) is 5.32 Å². The van der Waals surface area contributed by atoms with Crippen molar-refractivity contribution in [2.75, 3.05) is 18.5 Å². The maximum Gasteiger partial charge on any atom is 0.460 e. The SMILES string of the molecule is CC(C)[Si](CCC(F)(F)C(F)(F)C(F)(F)C(F)(F)C(F)(F)C(F)(F)C(F)(F)C(F)(F)F)(OCCOc1ccc([C@@H](OC(=O)Nc2ccc(F)cc2F)[C@H](C)CC/C=C/C=C/C(=O)NO)cc1)C(C)C. The molecule has 0 fully saturated rings. The van der Waals surface area contributed by atoms with Crippen LogP contribution in [0.5, 0.6) is 5.75 Å². The van der Waals surface area contributed by atoms with Gasteiger partial charge in [0, 0.05) is 18.6 Å². The zero-order chi connectivity index (χ0) is 53.4. The number of ether oxygens (including phenoxy) is 2. The molecule has 2 aromatic carbocycles. The highest BCUT2D eigenvalue weighted by Gasteiger charge is 2.95. The summed E-state index contributed by atoms with van der Waals surface area (Å²) in [5.74, 6) is -60.3. The van der Waals surface area contributed by atoms with E-state index in [0.717, 1.165) is 18.2 Å². The zero-order valence-corrected chi connectivity index (χ0v) is 37.6. The summed E-state index contributed by atoms with van der Waals surface area (Å²) in [6, 6.07) is 6.46. The Morgan fingerprint density at radius 3 is 1.71 bits per heavy atom. The molecular formula is C41H45F19N2O6Si. The number of rotatable bonds is 25. The highest BCUT2D eigenvalue weighted by atomic mass is 28.4. The molecule has 8 nitrogen and oxygen atoms in total. The van der Waals surface area contributed by atoms with Crippen LogP contribution in [0.4, 0.5) is 93.9 Å². The number of alkyl halides is 17. The summed E-state index contributed by atoms with van der Waals surface area (Å²) in [6.45, 7) is 5.77. The summed E-state index contributed by atoms with van der Waals surface area (Å²) in [5.41, 5.74) is -0.548. The van der Waals surface area contributed by atoms with Gasteiger partial charge in [-0.3, -0.25) is 15.3 Å². The van der Waals surface area contributed by atoms with Gasteiger partial charge in [-0.15, -0.1) is 0 Å². The van der Waals surface area contributed by atoms with E-state index < -0.39 is 134 Å². The van der Waals surface area contributed by atoms with E-state index in [0.29, 0.717) is 24.5 Å². The lowest BCUT2D eigenvalue weighted by atomic mass is 9.88. The van der Waals surface area contributed by atoms with Gasteiger partial charge in [-0.05, 0) is 65.7 Å². The minimum absolute atomic E-state index is 0.0549. The van der Waals surface area contributed by atoms with E-state index in [9.17, 15) is 84.2 Å². The van der Waals surface area contributed by atoms with E-state index in [4.69, 9.17) is 19.1 Å². The average molecular weight is 1050 g/mol. The molecule has 3 N–H and O–H groups in total. The average Bonchev–Trinajstić information content (AvgIpc) is 3.23. The zero-order valence-electron chi connectivity index (χ0n) is 36.6. The predicted molar refractivity (Wildman–Crippen MR) is 210 cm³/mol. The van der Waals surface area contributed by atoms with Gasteiger partial charge in [0.2, 0.25) is 0 Å². The monoisotopic (exact) mass is 1050 g/mol. The van der Waals surface area contributed by atoms with Gasteiger partial charge in [-0.1, -0.05) is 65.0 Å². The van der Waals surface area contributed by atoms with Gasteiger partial charge in [0.05, 0.1) is 12.3 Å². The van der Waals surface area contributed by atoms with Gasteiger partial charge in [0.15, 0.2) is 8.32 Å². The molecular weight excluding hydrogens is 1010 g/mol. The van der Waals surface area contributed by atoms with Crippen molar-refractivity contribution in [3.63, 3.8) is 0 Å². The van der Waals surface area contributed by atoms with Gasteiger partial charge in [0.25, 0.3) is 5.91 Å². The summed E-state index contributed by atoms with van der Waals surface area (Å²) in [5, 5.41) is 10.7. The maximum absolute atomic E-state index is 15.0. The molecule has 2 amide bonds. The molecule has 392 valence electrons. The quantitative estimate of drug-likeness (QED) is 0.0174. The first-order valence-corrected chi connectivity index (χ1v) is 22.4. The molecule has 0 aliphatic carbocycles. The molecule has 0 aromatic heterocycles. The molecule has 0 bridgehead atoms. The van der Waals surface area contributed by atoms with Crippen LogP contribution in [0.25, 0.3) is 0 Å². The first-order chi connectivity index (χ1) is 31.3. The molecule has 0 heterocycles. The van der Waals surface area contributed by atoms with Crippen molar-refractivity contribution >= 4 is 26.0 Å². The number of halogens is 19. The van der Waals surface area contributed by atoms with Crippen molar-refractivity contribution in [2.45, 2.75) is 125 Å². The maximum atomic E-state index is 15.0. The fourth-order valence-electron chi connectivity index (χ4n) is 6.72. The molecule has 69 heavy (non-hydrogen) atoms. The van der Waals surface area contributed by atoms with Gasteiger partial charge < -0.3 is 13.9 Å². The number of benzene rings is 2. The largest absolute Gasteiger partial charge is 0.491 e. The molecule has 2 rings (SSSR count). The van der Waals surface area contributed by atoms with E-state index in [1.54, 1.807) is 13.0 Å². The second-order valence-electron chi connectivity index (χ2n) is 16.1. The van der Waals surface area contributed by atoms with Crippen molar-refractivity contribution in [3.05, 3.63) is 84.0 Å². The number of carbonyl (C=O) groups excluding carboxylic acids is 2. The smallest absolute Gasteiger partial charge is 0.460 e. The lowest BCUT2D eigenvalue weighted by Crippen LogP contribution is -2.74. The Balaban J connectivity index is 2.30. The van der Waals surface area contributed by atoms with Crippen LogP contribution in [0.1, 0.15) is 65.5 Å². The number of nitrogens with one attached hydrogen (secondary N) is 2. The summed E-state index contributed by atoms with van der Waals surface area (Å²) in [7, 11) is -4.06. The lowest BCUT2D eigenvalue weighted by molar-refractivity contribution is -0.461. The fourth-order valence-corrected chi connectivity index (χ4v) is 11.2. The predicted octanol–water partition coefficient (Wildman–Crippen LogP) is 13.8. The van der Waals surface area contributed by atoms with Gasteiger partial charge in [0.1, 0.15) is 30.1 Å². The number of amides is 2. The number of allylic oxidation sites excluding steroid dienone is 3. The molecule has 0 unspecified atom stereocenters. The number of carbonyl (C=O) groups is 2. The Labute approximate surface area is 382 Å². The van der Waals surface area contributed by atoms with Crippen LogP contribution in [-0.4, -0.2) is 86.4 Å². The minimum atomic E-state index is -8.72. The molecule has 0 saturated heterocycles. The molecule has 0 radical (unpaired) electrons. The van der Waals surface area contributed by atoms with Gasteiger partial charge >= 0.3 is 53.7 Å². The van der Waals surface area contributed by atoms with E-state index >= 15 is 8.78 Å². The number of hydrogen-bond donors (Lipinski definition) is 3. The first-order valence-electron chi connectivity index (χ1n) is 20.1. The van der Waals surface area contributed by atoms with Crippen LogP contribution in [-0.2, 0) is 14.0 Å². The third-order valence-electron chi connectivity index (χ3n) is 10.8. The highest BCUT2D eigenvalue weighted by molar-refractivity contribution is 6.76. The van der Waals surface area contributed by atoms with Crippen molar-refractivity contribution in [1.29, 1.82) is 0 Å². The molecule has 2 atom stereocenters. The summed E-state index contributed by atoms with van der Waals surface area (Å²) >= 11 is 0. The fraction of sp³-hybridized carbons (Fsp3) is 0.561. The van der Waals surface area contributed by atoms with Crippen LogP contribution in [0.2, 0.25) is 17.1 Å². The third-order valence-corrected chi connectivity index (χ3v) is 16.5. The third kappa shape index (κ3) is 13.0. The van der Waals surface area contributed by atoms with Gasteiger partial charge in [-0.2, -0.15) is 74.6 Å². The molecule has 2 aromatic rings. The van der Waals surface area contributed by atoms with Crippen molar-refractivity contribution < 1.29 is 112 Å². The Bertz CT molecular complexity index is 2080. The standard InChI is InChI=1S/C41H45F19N2O6Si/c1-23(2)69(24(3)4,21-18-34(44,45)35(46,47)36(48,49)37(50,51)38(52,53)39(54,55)40(56,57)41(58,59)60)67-20-19-66-28-15-12-26(13-16-28)32(25(5)10-8-6-7-9-11-31(63)62-65)68-33(64)61-30-17-14-27(42)22-29(30)43/h6-7,9,11-17,22-25,32,65H,8,10,18-21H2,1-5H3,(H,61,64)(H,62,63)/b7-6+,11-9+/t25-,32+/m1/s1. The minimum Gasteiger partial charge on any atom is -0.491 e. The summed E-state index contributed by atoms with van der Waals surface area (Å²) < 4.78 is 281. The van der Waals surface area contributed by atoms with Gasteiger partial charge in [-0.25, -0.2) is 19.1 Å². The summed E-state index contributed by atoms with van der Waals surface area (Å²) in [4.78, 5) is 24.0. The number of anilines is 1. The van der Waals surface area contributed by atoms with E-state index in [1.165, 1.54) is 69.6 Å². The van der Waals surface area contributed by atoms with Crippen LogP contribution >= 0.6 is 0 Å². The molecule has 0 saturated carbocycles. The second-order valence-corrected chi connectivity index (χ2v) is 21.1. The van der Waals surface area contributed by atoms with E-state index in [-0.39, 0.29) is 5.75 Å². The first kappa shape index (κ1) is 60.4. The lowest BCUT2D eigenvalue weighted by Gasteiger charge is -2.44. The molecule has 28 heteroatoms. The topological polar surface area (TPSA) is 106 Å². The molecule has 0 aliphatic heterocycles. The summed E-state index contributed by atoms with van der Waals surface area (Å²) in [6.07, 6.45) is -6.54. The van der Waals surface area contributed by atoms with Crippen LogP contribution < -0.4 is 15.5 Å². The van der Waals surface area contributed by atoms with Crippen molar-refractivity contribution in [1.82, 2.24) is 5.48 Å². The van der Waals surface area contributed by atoms with Crippen LogP contribution in [0.15, 0.2) is 66.8 Å². The van der Waals surface area contributed by atoms with Crippen molar-refractivity contribution in [3.8, 4) is 5.75 Å². The Kier molecular flexibility index (Phi) is 19.7.